The number of carbonyl (C=O) groups excluding carboxylic acids is 1. The van der Waals surface area contributed by atoms with Gasteiger partial charge in [0, 0.05) is 30.9 Å². The van der Waals surface area contributed by atoms with E-state index in [1.54, 1.807) is 0 Å². The summed E-state index contributed by atoms with van der Waals surface area (Å²) in [5, 5.41) is 3.39. The van der Waals surface area contributed by atoms with Crippen LogP contribution in [0, 0.1) is 0 Å². The van der Waals surface area contributed by atoms with Gasteiger partial charge in [-0.25, -0.2) is 0 Å². The molecule has 0 aliphatic carbocycles. The first-order valence-electron chi connectivity index (χ1n) is 7.57. The monoisotopic (exact) mass is 274 g/mol. The number of hydrogen-bond donors (Lipinski definition) is 1. The van der Waals surface area contributed by atoms with E-state index < -0.39 is 6.10 Å². The van der Waals surface area contributed by atoms with Gasteiger partial charge in [-0.15, -0.1) is 0 Å². The molecule has 4 nitrogen and oxygen atoms in total. The van der Waals surface area contributed by atoms with E-state index in [1.807, 2.05) is 24.0 Å². The van der Waals surface area contributed by atoms with Gasteiger partial charge in [0.1, 0.15) is 5.75 Å². The van der Waals surface area contributed by atoms with Crippen LogP contribution in [0.25, 0.3) is 0 Å². The third kappa shape index (κ3) is 2.60. The third-order valence-electron chi connectivity index (χ3n) is 4.12. The summed E-state index contributed by atoms with van der Waals surface area (Å²) in [7, 11) is 0. The largest absolute Gasteiger partial charge is 0.481 e. The van der Waals surface area contributed by atoms with Gasteiger partial charge < -0.3 is 15.0 Å². The van der Waals surface area contributed by atoms with Gasteiger partial charge in [0.2, 0.25) is 0 Å². The molecule has 1 aromatic rings. The highest BCUT2D eigenvalue weighted by molar-refractivity contribution is 5.81. The fourth-order valence-electron chi connectivity index (χ4n) is 3.02. The van der Waals surface area contributed by atoms with Crippen LogP contribution >= 0.6 is 0 Å². The first-order chi connectivity index (χ1) is 9.75. The van der Waals surface area contributed by atoms with Gasteiger partial charge in [0.15, 0.2) is 6.10 Å². The standard InChI is InChI=1S/C16H22N2O2/c1-12(16(19)18-10-2-3-11-18)20-15-8-4-7-14-13(15)6-5-9-17-14/h4,7-8,12,17H,2-3,5-6,9-11H2,1H3. The van der Waals surface area contributed by atoms with E-state index in [0.717, 1.165) is 56.8 Å². The van der Waals surface area contributed by atoms with E-state index in [1.165, 1.54) is 5.56 Å². The Bertz CT molecular complexity index is 495. The van der Waals surface area contributed by atoms with E-state index >= 15 is 0 Å². The fourth-order valence-corrected chi connectivity index (χ4v) is 3.02. The highest BCUT2D eigenvalue weighted by atomic mass is 16.5. The molecule has 1 unspecified atom stereocenters. The van der Waals surface area contributed by atoms with E-state index in [9.17, 15) is 4.79 Å². The Morgan fingerprint density at radius 3 is 2.90 bits per heavy atom. The molecule has 2 heterocycles. The summed E-state index contributed by atoms with van der Waals surface area (Å²) in [6, 6.07) is 6.04. The molecule has 1 fully saturated rings. The number of ether oxygens (including phenoxy) is 1. The SMILES string of the molecule is CC(Oc1cccc2c1CCCN2)C(=O)N1CCCC1. The number of rotatable bonds is 3. The lowest BCUT2D eigenvalue weighted by Crippen LogP contribution is -2.38. The molecular formula is C16H22N2O2. The number of nitrogens with zero attached hydrogens (tertiary/aromatic N) is 1. The van der Waals surface area contributed by atoms with E-state index in [0.29, 0.717) is 0 Å². The van der Waals surface area contributed by atoms with Crippen molar-refractivity contribution in [1.29, 1.82) is 0 Å². The maximum atomic E-state index is 12.3. The lowest BCUT2D eigenvalue weighted by atomic mass is 10.0. The van der Waals surface area contributed by atoms with Crippen molar-refractivity contribution in [2.75, 3.05) is 25.0 Å². The van der Waals surface area contributed by atoms with Gasteiger partial charge >= 0.3 is 0 Å². The average molecular weight is 274 g/mol. The van der Waals surface area contributed by atoms with Crippen molar-refractivity contribution in [3.63, 3.8) is 0 Å². The maximum absolute atomic E-state index is 12.3. The van der Waals surface area contributed by atoms with Crippen LogP contribution in [-0.2, 0) is 11.2 Å². The van der Waals surface area contributed by atoms with Gasteiger partial charge in [-0.05, 0) is 44.7 Å². The minimum atomic E-state index is -0.401. The van der Waals surface area contributed by atoms with Crippen molar-refractivity contribution in [2.24, 2.45) is 0 Å². The molecule has 1 atom stereocenters. The van der Waals surface area contributed by atoms with E-state index in [-0.39, 0.29) is 5.91 Å². The molecule has 2 aliphatic rings. The van der Waals surface area contributed by atoms with Crippen LogP contribution in [-0.4, -0.2) is 36.5 Å². The molecule has 2 aliphatic heterocycles. The van der Waals surface area contributed by atoms with Crippen molar-refractivity contribution < 1.29 is 9.53 Å². The predicted molar refractivity (Wildman–Crippen MR) is 79.2 cm³/mol. The van der Waals surface area contributed by atoms with E-state index in [4.69, 9.17) is 4.74 Å². The Labute approximate surface area is 120 Å². The number of hydrogen-bond acceptors (Lipinski definition) is 3. The second-order valence-corrected chi connectivity index (χ2v) is 5.61. The van der Waals surface area contributed by atoms with Gasteiger partial charge in [0.05, 0.1) is 0 Å². The Hall–Kier alpha value is -1.71. The third-order valence-corrected chi connectivity index (χ3v) is 4.12. The van der Waals surface area contributed by atoms with E-state index in [2.05, 4.69) is 11.4 Å². The summed E-state index contributed by atoms with van der Waals surface area (Å²) in [5.74, 6) is 0.971. The second-order valence-electron chi connectivity index (χ2n) is 5.61. The summed E-state index contributed by atoms with van der Waals surface area (Å²) in [5.41, 5.74) is 2.36. The van der Waals surface area contributed by atoms with Crippen molar-refractivity contribution in [3.8, 4) is 5.75 Å². The van der Waals surface area contributed by atoms with Gasteiger partial charge in [-0.3, -0.25) is 4.79 Å². The molecule has 4 heteroatoms. The minimum Gasteiger partial charge on any atom is -0.481 e. The first kappa shape index (κ1) is 13.3. The number of benzene rings is 1. The summed E-state index contributed by atoms with van der Waals surface area (Å²) < 4.78 is 5.96. The molecule has 1 aromatic carbocycles. The molecule has 0 spiro atoms. The summed E-state index contributed by atoms with van der Waals surface area (Å²) in [4.78, 5) is 14.2. The lowest BCUT2D eigenvalue weighted by Gasteiger charge is -2.25. The van der Waals surface area contributed by atoms with Gasteiger partial charge in [-0.2, -0.15) is 0 Å². The Balaban J connectivity index is 1.72. The van der Waals surface area contributed by atoms with Crippen molar-refractivity contribution in [3.05, 3.63) is 23.8 Å². The summed E-state index contributed by atoms with van der Waals surface area (Å²) in [6.45, 7) is 4.62. The molecule has 1 saturated heterocycles. The smallest absolute Gasteiger partial charge is 0.263 e. The fraction of sp³-hybridized carbons (Fsp3) is 0.562. The zero-order chi connectivity index (χ0) is 13.9. The molecule has 20 heavy (non-hydrogen) atoms. The Kier molecular flexibility index (Phi) is 3.81. The Morgan fingerprint density at radius 1 is 1.30 bits per heavy atom. The second kappa shape index (κ2) is 5.73. The predicted octanol–water partition coefficient (Wildman–Crippen LogP) is 2.43. The van der Waals surface area contributed by atoms with Crippen LogP contribution in [0.3, 0.4) is 0 Å². The quantitative estimate of drug-likeness (QED) is 0.920. The van der Waals surface area contributed by atoms with Crippen molar-refractivity contribution in [1.82, 2.24) is 4.90 Å². The molecule has 0 aromatic heterocycles. The topological polar surface area (TPSA) is 41.6 Å². The zero-order valence-corrected chi connectivity index (χ0v) is 12.0. The van der Waals surface area contributed by atoms with Gasteiger partial charge in [0.25, 0.3) is 5.91 Å². The maximum Gasteiger partial charge on any atom is 0.263 e. The van der Waals surface area contributed by atoms with Crippen LogP contribution in [0.1, 0.15) is 31.7 Å². The van der Waals surface area contributed by atoms with Gasteiger partial charge in [-0.1, -0.05) is 6.07 Å². The lowest BCUT2D eigenvalue weighted by molar-refractivity contribution is -0.136. The van der Waals surface area contributed by atoms with Crippen LogP contribution in [0.2, 0.25) is 0 Å². The van der Waals surface area contributed by atoms with Crippen LogP contribution in [0.5, 0.6) is 5.75 Å². The number of anilines is 1. The first-order valence-corrected chi connectivity index (χ1v) is 7.57. The minimum absolute atomic E-state index is 0.115. The molecule has 108 valence electrons. The molecule has 1 amide bonds. The Morgan fingerprint density at radius 2 is 2.10 bits per heavy atom. The molecule has 0 saturated carbocycles. The molecule has 0 radical (unpaired) electrons. The number of likely N-dealkylation sites (tertiary alicyclic amines) is 1. The molecular weight excluding hydrogens is 252 g/mol. The zero-order valence-electron chi connectivity index (χ0n) is 12.0. The van der Waals surface area contributed by atoms with Crippen LogP contribution in [0.15, 0.2) is 18.2 Å². The van der Waals surface area contributed by atoms with Crippen molar-refractivity contribution >= 4 is 11.6 Å². The van der Waals surface area contributed by atoms with Crippen molar-refractivity contribution in [2.45, 2.75) is 38.7 Å². The normalized spacial score (nSPS) is 19.1. The number of fused-ring (bicyclic) bond motifs is 1. The number of carbonyl (C=O) groups is 1. The molecule has 3 rings (SSSR count). The molecule has 0 bridgehead atoms. The highest BCUT2D eigenvalue weighted by Crippen LogP contribution is 2.31. The average Bonchev–Trinajstić information content (AvgIpc) is 3.01. The van der Waals surface area contributed by atoms with Crippen LogP contribution < -0.4 is 10.1 Å². The number of nitrogens with one attached hydrogen (secondary N) is 1. The number of amides is 1. The summed E-state index contributed by atoms with van der Waals surface area (Å²) >= 11 is 0. The summed E-state index contributed by atoms with van der Waals surface area (Å²) in [6.07, 6.45) is 3.96. The molecule has 1 N–H and O–H groups in total. The highest BCUT2D eigenvalue weighted by Gasteiger charge is 2.25. The van der Waals surface area contributed by atoms with Crippen LogP contribution in [0.4, 0.5) is 5.69 Å².